The second-order valence-electron chi connectivity index (χ2n) is 4.71. The van der Waals surface area contributed by atoms with Gasteiger partial charge in [0.05, 0.1) is 0 Å². The molecule has 14 heavy (non-hydrogen) atoms. The van der Waals surface area contributed by atoms with Crippen molar-refractivity contribution in [2.24, 2.45) is 11.8 Å². The van der Waals surface area contributed by atoms with Gasteiger partial charge in [-0.05, 0) is 31.3 Å². The Morgan fingerprint density at radius 1 is 1.29 bits per heavy atom. The zero-order valence-corrected chi connectivity index (χ0v) is 8.99. The highest BCUT2D eigenvalue weighted by Gasteiger charge is 2.32. The van der Waals surface area contributed by atoms with Gasteiger partial charge in [-0.15, -0.1) is 0 Å². The molecule has 0 unspecified atom stereocenters. The minimum atomic E-state index is 0.168. The summed E-state index contributed by atoms with van der Waals surface area (Å²) in [5.74, 6) is 1.35. The molecule has 0 saturated carbocycles. The summed E-state index contributed by atoms with van der Waals surface area (Å²) in [6.45, 7) is 4.02. The van der Waals surface area contributed by atoms with E-state index in [-0.39, 0.29) is 6.03 Å². The number of amides is 2. The van der Waals surface area contributed by atoms with Crippen LogP contribution in [0.5, 0.6) is 0 Å². The molecule has 0 spiro atoms. The molecule has 4 heteroatoms. The molecule has 4 nitrogen and oxygen atoms in total. The fraction of sp³-hybridized carbons (Fsp3) is 0.900. The molecule has 0 aromatic heterocycles. The number of carbonyl (C=O) groups is 1. The third-order valence-electron chi connectivity index (χ3n) is 3.14. The van der Waals surface area contributed by atoms with Gasteiger partial charge in [-0.2, -0.15) is 0 Å². The maximum atomic E-state index is 11.8. The predicted molar refractivity (Wildman–Crippen MR) is 55.1 cm³/mol. The molecular formula is C10H19N3O. The van der Waals surface area contributed by atoms with Crippen LogP contribution < -0.4 is 5.32 Å². The van der Waals surface area contributed by atoms with Gasteiger partial charge in [0.1, 0.15) is 0 Å². The van der Waals surface area contributed by atoms with Crippen molar-refractivity contribution in [3.8, 4) is 0 Å². The average Bonchev–Trinajstić information content (AvgIpc) is 2.15. The molecule has 80 valence electrons. The Morgan fingerprint density at radius 2 is 1.86 bits per heavy atom. The molecule has 2 bridgehead atoms. The minimum absolute atomic E-state index is 0.168. The average molecular weight is 197 g/mol. The zero-order chi connectivity index (χ0) is 10.1. The van der Waals surface area contributed by atoms with Crippen LogP contribution in [-0.4, -0.2) is 56.1 Å². The molecule has 2 heterocycles. The second kappa shape index (κ2) is 3.77. The quantitative estimate of drug-likeness (QED) is 0.602. The normalized spacial score (nSPS) is 31.4. The number of urea groups is 1. The lowest BCUT2D eigenvalue weighted by Crippen LogP contribution is -2.54. The van der Waals surface area contributed by atoms with Crippen molar-refractivity contribution in [3.05, 3.63) is 0 Å². The van der Waals surface area contributed by atoms with Gasteiger partial charge in [-0.25, -0.2) is 4.79 Å². The number of piperidine rings is 2. The monoisotopic (exact) mass is 197 g/mol. The first kappa shape index (κ1) is 9.77. The molecule has 2 atom stereocenters. The third kappa shape index (κ3) is 1.85. The van der Waals surface area contributed by atoms with E-state index in [1.807, 2.05) is 19.0 Å². The molecule has 2 aliphatic heterocycles. The molecule has 0 aromatic rings. The Kier molecular flexibility index (Phi) is 2.63. The van der Waals surface area contributed by atoms with Crippen LogP contribution in [0.25, 0.3) is 0 Å². The van der Waals surface area contributed by atoms with Crippen molar-refractivity contribution in [2.45, 2.75) is 6.42 Å². The van der Waals surface area contributed by atoms with Crippen molar-refractivity contribution in [1.82, 2.24) is 15.1 Å². The van der Waals surface area contributed by atoms with E-state index in [9.17, 15) is 4.79 Å². The van der Waals surface area contributed by atoms with E-state index in [4.69, 9.17) is 0 Å². The Morgan fingerprint density at radius 3 is 2.36 bits per heavy atom. The number of hydrogen-bond donors (Lipinski definition) is 1. The van der Waals surface area contributed by atoms with E-state index < -0.39 is 0 Å². The summed E-state index contributed by atoms with van der Waals surface area (Å²) in [5, 5.41) is 3.42. The lowest BCUT2D eigenvalue weighted by atomic mass is 9.86. The summed E-state index contributed by atoms with van der Waals surface area (Å²) in [6.07, 6.45) is 1.30. The number of fused-ring (bicyclic) bond motifs is 2. The standard InChI is InChI=1S/C10H19N3O/c1-12(2)10(14)13-6-8-3-9(7-13)5-11-4-8/h8-9,11H,3-7H2,1-2H3/t8-,9+. The van der Waals surface area contributed by atoms with Gasteiger partial charge in [-0.3, -0.25) is 0 Å². The van der Waals surface area contributed by atoms with Crippen LogP contribution in [-0.2, 0) is 0 Å². The van der Waals surface area contributed by atoms with Crippen molar-refractivity contribution in [3.63, 3.8) is 0 Å². The van der Waals surface area contributed by atoms with Crippen LogP contribution in [0.4, 0.5) is 4.79 Å². The van der Waals surface area contributed by atoms with E-state index >= 15 is 0 Å². The molecule has 1 N–H and O–H groups in total. The summed E-state index contributed by atoms with van der Waals surface area (Å²) in [7, 11) is 3.65. The summed E-state index contributed by atoms with van der Waals surface area (Å²) >= 11 is 0. The lowest BCUT2D eigenvalue weighted by Gasteiger charge is -2.42. The first-order valence-corrected chi connectivity index (χ1v) is 5.33. The molecule has 2 rings (SSSR count). The summed E-state index contributed by atoms with van der Waals surface area (Å²) in [4.78, 5) is 15.4. The van der Waals surface area contributed by atoms with Gasteiger partial charge in [0, 0.05) is 27.2 Å². The molecule has 2 saturated heterocycles. The Balaban J connectivity index is 1.98. The van der Waals surface area contributed by atoms with Crippen LogP contribution in [0.2, 0.25) is 0 Å². The van der Waals surface area contributed by atoms with Crippen LogP contribution in [0.3, 0.4) is 0 Å². The molecular weight excluding hydrogens is 178 g/mol. The number of nitrogens with one attached hydrogen (secondary N) is 1. The zero-order valence-electron chi connectivity index (χ0n) is 8.99. The first-order valence-electron chi connectivity index (χ1n) is 5.33. The van der Waals surface area contributed by atoms with E-state index in [0.717, 1.165) is 26.2 Å². The van der Waals surface area contributed by atoms with Gasteiger partial charge >= 0.3 is 6.03 Å². The van der Waals surface area contributed by atoms with Gasteiger partial charge in [0.25, 0.3) is 0 Å². The molecule has 2 fully saturated rings. The summed E-state index contributed by atoms with van der Waals surface area (Å²) < 4.78 is 0. The van der Waals surface area contributed by atoms with Gasteiger partial charge < -0.3 is 15.1 Å². The van der Waals surface area contributed by atoms with Crippen LogP contribution >= 0.6 is 0 Å². The highest BCUT2D eigenvalue weighted by atomic mass is 16.2. The van der Waals surface area contributed by atoms with E-state index in [2.05, 4.69) is 5.32 Å². The summed E-state index contributed by atoms with van der Waals surface area (Å²) in [6, 6.07) is 0.168. The smallest absolute Gasteiger partial charge is 0.319 e. The number of carbonyl (C=O) groups excluding carboxylic acids is 1. The molecule has 2 aliphatic rings. The maximum Gasteiger partial charge on any atom is 0.319 e. The van der Waals surface area contributed by atoms with Crippen LogP contribution in [0.1, 0.15) is 6.42 Å². The fourth-order valence-corrected chi connectivity index (χ4v) is 2.54. The fourth-order valence-electron chi connectivity index (χ4n) is 2.54. The maximum absolute atomic E-state index is 11.8. The minimum Gasteiger partial charge on any atom is -0.331 e. The Bertz CT molecular complexity index is 217. The Labute approximate surface area is 85.2 Å². The van der Waals surface area contributed by atoms with Gasteiger partial charge in [-0.1, -0.05) is 0 Å². The lowest BCUT2D eigenvalue weighted by molar-refractivity contribution is 0.0989. The predicted octanol–water partition coefficient (Wildman–Crippen LogP) is 0.209. The SMILES string of the molecule is CN(C)C(=O)N1C[C@@H]2CNC[C@@H](C2)C1. The summed E-state index contributed by atoms with van der Waals surface area (Å²) in [5.41, 5.74) is 0. The van der Waals surface area contributed by atoms with Crippen LogP contribution in [0, 0.1) is 11.8 Å². The van der Waals surface area contributed by atoms with E-state index in [1.165, 1.54) is 6.42 Å². The highest BCUT2D eigenvalue weighted by Crippen LogP contribution is 2.24. The first-order chi connectivity index (χ1) is 6.66. The highest BCUT2D eigenvalue weighted by molar-refractivity contribution is 5.74. The number of likely N-dealkylation sites (tertiary alicyclic amines) is 1. The topological polar surface area (TPSA) is 35.6 Å². The third-order valence-corrected chi connectivity index (χ3v) is 3.14. The number of rotatable bonds is 0. The number of nitrogens with zero attached hydrogens (tertiary/aromatic N) is 2. The van der Waals surface area contributed by atoms with E-state index in [0.29, 0.717) is 11.8 Å². The number of hydrogen-bond acceptors (Lipinski definition) is 2. The molecule has 0 aliphatic carbocycles. The van der Waals surface area contributed by atoms with Crippen molar-refractivity contribution < 1.29 is 4.79 Å². The van der Waals surface area contributed by atoms with Gasteiger partial charge in [0.15, 0.2) is 0 Å². The molecule has 2 amide bonds. The largest absolute Gasteiger partial charge is 0.331 e. The second-order valence-corrected chi connectivity index (χ2v) is 4.71. The van der Waals surface area contributed by atoms with Crippen LogP contribution in [0.15, 0.2) is 0 Å². The van der Waals surface area contributed by atoms with Gasteiger partial charge in [0.2, 0.25) is 0 Å². The van der Waals surface area contributed by atoms with E-state index in [1.54, 1.807) is 4.90 Å². The van der Waals surface area contributed by atoms with Crippen molar-refractivity contribution in [1.29, 1.82) is 0 Å². The van der Waals surface area contributed by atoms with Crippen molar-refractivity contribution >= 4 is 6.03 Å². The Hall–Kier alpha value is -0.770. The molecule has 0 radical (unpaired) electrons. The van der Waals surface area contributed by atoms with Crippen molar-refractivity contribution in [2.75, 3.05) is 40.3 Å². The molecule has 0 aromatic carbocycles.